The number of hydrogen-bond acceptors (Lipinski definition) is 3. The molecular weight excluding hydrogens is 445 g/mol. The number of benzene rings is 2. The van der Waals surface area contributed by atoms with E-state index in [-0.39, 0.29) is 34.4 Å². The molecule has 1 aliphatic rings. The second-order valence-corrected chi connectivity index (χ2v) is 10.0. The number of carbonyl (C=O) groups is 3. The fraction of sp³-hybridized carbons (Fsp3) is 0.400. The molecule has 3 amide bonds. The maximum atomic E-state index is 14.4. The lowest BCUT2D eigenvalue weighted by Crippen LogP contribution is -2.55. The summed E-state index contributed by atoms with van der Waals surface area (Å²) in [6.07, 6.45) is 0.937. The van der Waals surface area contributed by atoms with Gasteiger partial charge in [-0.3, -0.25) is 14.4 Å². The molecule has 1 fully saturated rings. The predicted octanol–water partition coefficient (Wildman–Crippen LogP) is 4.82. The average molecular weight is 474 g/mol. The van der Waals surface area contributed by atoms with Crippen LogP contribution in [0.3, 0.4) is 0 Å². The predicted molar refractivity (Wildman–Crippen MR) is 128 cm³/mol. The first-order chi connectivity index (χ1) is 15.5. The molecule has 176 valence electrons. The zero-order valence-electron chi connectivity index (χ0n) is 19.3. The molecule has 1 heterocycles. The second-order valence-electron chi connectivity index (χ2n) is 9.57. The van der Waals surface area contributed by atoms with Gasteiger partial charge >= 0.3 is 0 Å². The smallest absolute Gasteiger partial charge is 0.256 e. The van der Waals surface area contributed by atoms with E-state index in [4.69, 9.17) is 11.6 Å². The Morgan fingerprint density at radius 2 is 1.91 bits per heavy atom. The number of hydrogen-bond donors (Lipinski definition) is 1. The molecule has 2 aromatic rings. The molecule has 1 unspecified atom stereocenters. The van der Waals surface area contributed by atoms with E-state index in [1.165, 1.54) is 18.2 Å². The first-order valence-corrected chi connectivity index (χ1v) is 11.3. The van der Waals surface area contributed by atoms with E-state index in [1.807, 2.05) is 27.7 Å². The van der Waals surface area contributed by atoms with Gasteiger partial charge in [-0.15, -0.1) is 0 Å². The van der Waals surface area contributed by atoms with Crippen molar-refractivity contribution in [3.05, 3.63) is 52.8 Å². The molecule has 0 aliphatic carbocycles. The largest absolute Gasteiger partial charge is 0.339 e. The Balaban J connectivity index is 1.87. The Labute approximate surface area is 198 Å². The minimum atomic E-state index is -0.465. The summed E-state index contributed by atoms with van der Waals surface area (Å²) in [5.41, 5.74) is 1.21. The van der Waals surface area contributed by atoms with Crippen LogP contribution >= 0.6 is 11.6 Å². The highest BCUT2D eigenvalue weighted by Gasteiger charge is 2.32. The normalized spacial score (nSPS) is 16.5. The molecule has 1 aliphatic heterocycles. The molecule has 2 aromatic carbocycles. The van der Waals surface area contributed by atoms with E-state index in [9.17, 15) is 18.8 Å². The van der Waals surface area contributed by atoms with Crippen LogP contribution in [0.15, 0.2) is 36.4 Å². The lowest BCUT2D eigenvalue weighted by molar-refractivity contribution is -0.135. The van der Waals surface area contributed by atoms with Crippen LogP contribution in [0, 0.1) is 11.2 Å². The Hall–Kier alpha value is -2.93. The molecule has 8 heteroatoms. The minimum Gasteiger partial charge on any atom is -0.339 e. The van der Waals surface area contributed by atoms with Crippen LogP contribution in [0.1, 0.15) is 44.5 Å². The number of piperazine rings is 1. The van der Waals surface area contributed by atoms with Crippen molar-refractivity contribution in [3.63, 3.8) is 0 Å². The molecule has 1 saturated heterocycles. The van der Waals surface area contributed by atoms with Crippen molar-refractivity contribution in [3.8, 4) is 11.1 Å². The molecule has 0 radical (unpaired) electrons. The summed E-state index contributed by atoms with van der Waals surface area (Å²) in [5.74, 6) is -0.685. The van der Waals surface area contributed by atoms with E-state index >= 15 is 0 Å². The van der Waals surface area contributed by atoms with Gasteiger partial charge in [-0.25, -0.2) is 4.39 Å². The average Bonchev–Trinajstić information content (AvgIpc) is 2.74. The van der Waals surface area contributed by atoms with Crippen LogP contribution in [-0.4, -0.2) is 53.7 Å². The molecule has 0 bridgehead atoms. The van der Waals surface area contributed by atoms with Crippen molar-refractivity contribution in [1.82, 2.24) is 9.80 Å². The Morgan fingerprint density at radius 1 is 1.18 bits per heavy atom. The summed E-state index contributed by atoms with van der Waals surface area (Å²) in [5, 5.41) is 2.93. The SMILES string of the molecule is CC1CN(C(=O)CC(C)(C)C)CCN1C(=O)c1cc(-c2cc(Cl)ccc2F)ccc1NC=O. The second kappa shape index (κ2) is 9.91. The van der Waals surface area contributed by atoms with Gasteiger partial charge in [0.15, 0.2) is 0 Å². The first kappa shape index (κ1) is 24.7. The summed E-state index contributed by atoms with van der Waals surface area (Å²) in [6.45, 7) is 9.18. The molecular formula is C25H29ClFN3O3. The zero-order chi connectivity index (χ0) is 24.3. The topological polar surface area (TPSA) is 69.7 Å². The standard InChI is InChI=1S/C25H29ClFN3O3/c1-16-14-29(23(32)13-25(2,3)4)9-10-30(16)24(33)20-11-17(5-8-22(20)28-15-31)19-12-18(26)6-7-21(19)27/h5-8,11-12,15-16H,9-10,13-14H2,1-4H3,(H,28,31). The number of nitrogens with zero attached hydrogens (tertiary/aromatic N) is 2. The third-order valence-corrected chi connectivity index (χ3v) is 5.86. The Bertz CT molecular complexity index is 1070. The molecule has 33 heavy (non-hydrogen) atoms. The molecule has 1 N–H and O–H groups in total. The van der Waals surface area contributed by atoms with Crippen molar-refractivity contribution >= 4 is 35.5 Å². The third kappa shape index (κ3) is 5.90. The Morgan fingerprint density at radius 3 is 2.55 bits per heavy atom. The van der Waals surface area contributed by atoms with Gasteiger partial charge in [0.25, 0.3) is 5.91 Å². The van der Waals surface area contributed by atoms with Gasteiger partial charge in [-0.05, 0) is 48.2 Å². The van der Waals surface area contributed by atoms with Crippen molar-refractivity contribution in [2.45, 2.75) is 40.2 Å². The molecule has 0 aromatic heterocycles. The van der Waals surface area contributed by atoms with E-state index in [2.05, 4.69) is 5.32 Å². The molecule has 0 spiro atoms. The van der Waals surface area contributed by atoms with Gasteiger partial charge in [0.1, 0.15) is 5.82 Å². The quantitative estimate of drug-likeness (QED) is 0.633. The van der Waals surface area contributed by atoms with Crippen molar-refractivity contribution in [2.75, 3.05) is 25.0 Å². The maximum absolute atomic E-state index is 14.4. The van der Waals surface area contributed by atoms with Gasteiger partial charge in [0.2, 0.25) is 12.3 Å². The van der Waals surface area contributed by atoms with E-state index in [0.717, 1.165) is 0 Å². The molecule has 3 rings (SSSR count). The van der Waals surface area contributed by atoms with E-state index < -0.39 is 5.82 Å². The third-order valence-electron chi connectivity index (χ3n) is 5.63. The maximum Gasteiger partial charge on any atom is 0.256 e. The van der Waals surface area contributed by atoms with E-state index in [1.54, 1.807) is 28.0 Å². The number of nitrogens with one attached hydrogen (secondary N) is 1. The van der Waals surface area contributed by atoms with Gasteiger partial charge in [-0.1, -0.05) is 38.4 Å². The van der Waals surface area contributed by atoms with Crippen LogP contribution in [-0.2, 0) is 9.59 Å². The van der Waals surface area contributed by atoms with Crippen molar-refractivity contribution in [2.24, 2.45) is 5.41 Å². The van der Waals surface area contributed by atoms with Crippen molar-refractivity contribution < 1.29 is 18.8 Å². The molecule has 0 saturated carbocycles. The fourth-order valence-corrected chi connectivity index (χ4v) is 4.17. The summed E-state index contributed by atoms with van der Waals surface area (Å²) in [4.78, 5) is 40.7. The summed E-state index contributed by atoms with van der Waals surface area (Å²) >= 11 is 6.04. The highest BCUT2D eigenvalue weighted by molar-refractivity contribution is 6.30. The highest BCUT2D eigenvalue weighted by Crippen LogP contribution is 2.31. The summed E-state index contributed by atoms with van der Waals surface area (Å²) in [7, 11) is 0. The number of rotatable bonds is 5. The number of halogens is 2. The monoisotopic (exact) mass is 473 g/mol. The lowest BCUT2D eigenvalue weighted by atomic mass is 9.91. The van der Waals surface area contributed by atoms with Crippen LogP contribution < -0.4 is 5.32 Å². The van der Waals surface area contributed by atoms with Crippen molar-refractivity contribution in [1.29, 1.82) is 0 Å². The van der Waals surface area contributed by atoms with Crippen LogP contribution in [0.25, 0.3) is 11.1 Å². The number of carbonyl (C=O) groups excluding carboxylic acids is 3. The van der Waals surface area contributed by atoms with E-state index in [0.29, 0.717) is 48.7 Å². The lowest BCUT2D eigenvalue weighted by Gasteiger charge is -2.41. The molecule has 6 nitrogen and oxygen atoms in total. The Kier molecular flexibility index (Phi) is 7.42. The first-order valence-electron chi connectivity index (χ1n) is 10.9. The summed E-state index contributed by atoms with van der Waals surface area (Å²) < 4.78 is 14.4. The van der Waals surface area contributed by atoms with Gasteiger partial charge in [-0.2, -0.15) is 0 Å². The van der Waals surface area contributed by atoms with Crippen LogP contribution in [0.2, 0.25) is 5.02 Å². The number of anilines is 1. The van der Waals surface area contributed by atoms with Gasteiger partial charge in [0, 0.05) is 42.7 Å². The number of amides is 3. The van der Waals surface area contributed by atoms with Crippen LogP contribution in [0.5, 0.6) is 0 Å². The summed E-state index contributed by atoms with van der Waals surface area (Å²) in [6, 6.07) is 8.77. The van der Waals surface area contributed by atoms with Gasteiger partial charge < -0.3 is 15.1 Å². The fourth-order valence-electron chi connectivity index (χ4n) is 4.00. The van der Waals surface area contributed by atoms with Gasteiger partial charge in [0.05, 0.1) is 11.3 Å². The zero-order valence-corrected chi connectivity index (χ0v) is 20.1. The minimum absolute atomic E-state index is 0.0724. The molecule has 1 atom stereocenters. The van der Waals surface area contributed by atoms with Crippen LogP contribution in [0.4, 0.5) is 10.1 Å². The highest BCUT2D eigenvalue weighted by atomic mass is 35.5.